The number of anilines is 4. The molecule has 0 saturated carbocycles. The molecule has 3 heterocycles. The third-order valence-electron chi connectivity index (χ3n) is 6.73. The number of nitrogens with zero attached hydrogens (tertiary/aromatic N) is 5. The van der Waals surface area contributed by atoms with E-state index in [1.54, 1.807) is 11.1 Å². The number of likely N-dealkylation sites (N-methyl/N-ethyl adjacent to an activating group) is 1. The molecule has 1 amide bonds. The molecule has 1 aromatic carbocycles. The van der Waals surface area contributed by atoms with Gasteiger partial charge in [-0.3, -0.25) is 4.79 Å². The van der Waals surface area contributed by atoms with Crippen LogP contribution in [0.2, 0.25) is 0 Å². The van der Waals surface area contributed by atoms with E-state index in [9.17, 15) is 9.18 Å². The molecule has 1 aromatic heterocycles. The lowest BCUT2D eigenvalue weighted by Crippen LogP contribution is -2.46. The number of allylic oxidation sites excluding steroid dienone is 5. The van der Waals surface area contributed by atoms with Gasteiger partial charge in [-0.05, 0) is 37.2 Å². The number of halogens is 1. The predicted octanol–water partition coefficient (Wildman–Crippen LogP) is 3.71. The van der Waals surface area contributed by atoms with Crippen LogP contribution in [0.5, 0.6) is 0 Å². The first kappa shape index (κ1) is 23.7. The Balaban J connectivity index is 1.41. The van der Waals surface area contributed by atoms with Gasteiger partial charge in [-0.25, -0.2) is 9.37 Å². The van der Waals surface area contributed by atoms with Gasteiger partial charge in [0.1, 0.15) is 0 Å². The lowest BCUT2D eigenvalue weighted by atomic mass is 9.96. The van der Waals surface area contributed by atoms with Gasteiger partial charge in [0.05, 0.1) is 6.20 Å². The zero-order valence-corrected chi connectivity index (χ0v) is 20.3. The van der Waals surface area contributed by atoms with Crippen LogP contribution in [0, 0.1) is 11.7 Å². The Kier molecular flexibility index (Phi) is 6.81. The second kappa shape index (κ2) is 10.3. The van der Waals surface area contributed by atoms with Crippen molar-refractivity contribution < 1.29 is 9.18 Å². The van der Waals surface area contributed by atoms with Gasteiger partial charge in [0.2, 0.25) is 11.9 Å². The molecule has 1 saturated heterocycles. The summed E-state index contributed by atoms with van der Waals surface area (Å²) >= 11 is 0. The Morgan fingerprint density at radius 3 is 2.83 bits per heavy atom. The molecule has 0 bridgehead atoms. The molecule has 186 valence electrons. The summed E-state index contributed by atoms with van der Waals surface area (Å²) in [5.74, 6) is -1.20. The second-order valence-corrected chi connectivity index (χ2v) is 8.94. The number of aromatic nitrogens is 2. The Morgan fingerprint density at radius 1 is 1.22 bits per heavy atom. The van der Waals surface area contributed by atoms with E-state index in [-0.39, 0.29) is 17.7 Å². The highest BCUT2D eigenvalue weighted by Crippen LogP contribution is 2.38. The minimum Gasteiger partial charge on any atom is -0.369 e. The quantitative estimate of drug-likeness (QED) is 0.601. The summed E-state index contributed by atoms with van der Waals surface area (Å²) in [7, 11) is 0. The molecule has 0 radical (unpaired) electrons. The van der Waals surface area contributed by atoms with E-state index in [1.165, 1.54) is 0 Å². The smallest absolute Gasteiger partial charge is 0.247 e. The molecule has 3 N–H and O–H groups in total. The summed E-state index contributed by atoms with van der Waals surface area (Å²) in [6, 6.07) is 8.06. The molecule has 8 nitrogen and oxygen atoms in total. The molecule has 9 heteroatoms. The largest absolute Gasteiger partial charge is 0.369 e. The van der Waals surface area contributed by atoms with E-state index >= 15 is 0 Å². The second-order valence-electron chi connectivity index (χ2n) is 8.94. The number of hydrogen-bond acceptors (Lipinski definition) is 7. The number of benzene rings is 1. The maximum atomic E-state index is 15.0. The molecule has 1 unspecified atom stereocenters. The molecular weight excluding hydrogens is 457 g/mol. The average molecular weight is 488 g/mol. The average Bonchev–Trinajstić information content (AvgIpc) is 3.22. The van der Waals surface area contributed by atoms with Crippen LogP contribution in [-0.2, 0) is 4.79 Å². The highest BCUT2D eigenvalue weighted by Gasteiger charge is 2.34. The van der Waals surface area contributed by atoms with E-state index in [0.29, 0.717) is 11.3 Å². The van der Waals surface area contributed by atoms with E-state index in [2.05, 4.69) is 44.1 Å². The highest BCUT2D eigenvalue weighted by molar-refractivity contribution is 5.96. The van der Waals surface area contributed by atoms with Gasteiger partial charge in [-0.15, -0.1) is 0 Å². The molecule has 1 fully saturated rings. The van der Waals surface area contributed by atoms with Crippen LogP contribution in [-0.4, -0.2) is 53.5 Å². The van der Waals surface area contributed by atoms with Gasteiger partial charge in [-0.2, -0.15) is 4.98 Å². The van der Waals surface area contributed by atoms with Crippen molar-refractivity contribution in [2.45, 2.75) is 13.3 Å². The maximum absolute atomic E-state index is 15.0. The van der Waals surface area contributed by atoms with Crippen molar-refractivity contribution in [3.05, 3.63) is 84.1 Å². The van der Waals surface area contributed by atoms with Gasteiger partial charge in [0, 0.05) is 60.9 Å². The summed E-state index contributed by atoms with van der Waals surface area (Å²) in [5, 5.41) is 3.21. The number of primary amides is 1. The molecule has 36 heavy (non-hydrogen) atoms. The predicted molar refractivity (Wildman–Crippen MR) is 140 cm³/mol. The van der Waals surface area contributed by atoms with Crippen LogP contribution in [0.15, 0.2) is 78.3 Å². The number of nitrogens with two attached hydrogens (primary N) is 1. The summed E-state index contributed by atoms with van der Waals surface area (Å²) in [6.07, 6.45) is 13.1. The first-order chi connectivity index (χ1) is 17.5. The number of carbonyl (C=O) groups is 1. The first-order valence-corrected chi connectivity index (χ1v) is 12.2. The SMILES string of the molecule is CCN1CCN(c2cccc(Nc3ncc(F)c(N4C=C(C(N)=O)C5/C=C\C/C=C\C=C54)n3)c2)CC1. The van der Waals surface area contributed by atoms with Gasteiger partial charge in [0.25, 0.3) is 0 Å². The first-order valence-electron chi connectivity index (χ1n) is 12.2. The van der Waals surface area contributed by atoms with Crippen LogP contribution in [0.3, 0.4) is 0 Å². The Hall–Kier alpha value is -3.98. The Labute approximate surface area is 210 Å². The van der Waals surface area contributed by atoms with Crippen LogP contribution in [0.25, 0.3) is 0 Å². The van der Waals surface area contributed by atoms with E-state index in [1.807, 2.05) is 42.5 Å². The minimum atomic E-state index is -0.597. The van der Waals surface area contributed by atoms with E-state index in [4.69, 9.17) is 5.73 Å². The fourth-order valence-electron chi connectivity index (χ4n) is 4.75. The van der Waals surface area contributed by atoms with Crippen LogP contribution in [0.1, 0.15) is 13.3 Å². The summed E-state index contributed by atoms with van der Waals surface area (Å²) in [4.78, 5) is 27.1. The number of fused-ring (bicyclic) bond motifs is 1. The summed E-state index contributed by atoms with van der Waals surface area (Å²) < 4.78 is 15.0. The topological polar surface area (TPSA) is 90.6 Å². The minimum absolute atomic E-state index is 0.0502. The van der Waals surface area contributed by atoms with Crippen molar-refractivity contribution in [3.63, 3.8) is 0 Å². The van der Waals surface area contributed by atoms with Gasteiger partial charge < -0.3 is 25.8 Å². The van der Waals surface area contributed by atoms with Crippen LogP contribution in [0.4, 0.5) is 27.5 Å². The van der Waals surface area contributed by atoms with E-state index in [0.717, 1.165) is 56.7 Å². The van der Waals surface area contributed by atoms with Gasteiger partial charge >= 0.3 is 0 Å². The molecule has 1 atom stereocenters. The van der Waals surface area contributed by atoms with Crippen molar-refractivity contribution in [2.24, 2.45) is 11.7 Å². The van der Waals surface area contributed by atoms with Gasteiger partial charge in [0.15, 0.2) is 11.6 Å². The number of amides is 1. The van der Waals surface area contributed by atoms with E-state index < -0.39 is 11.7 Å². The zero-order valence-electron chi connectivity index (χ0n) is 20.3. The molecule has 5 rings (SSSR count). The van der Waals surface area contributed by atoms with Crippen LogP contribution < -0.4 is 20.9 Å². The number of nitrogens with one attached hydrogen (secondary N) is 1. The molecule has 2 aromatic rings. The number of carbonyl (C=O) groups excluding carboxylic acids is 1. The molecule has 0 spiro atoms. The standard InChI is InChI=1S/C27H30FN7O/c1-2-33-12-14-34(15-13-33)20-9-7-8-19(16-20)31-27-30-17-23(28)26(32-27)35-18-22(25(29)36)21-10-5-3-4-6-11-24(21)35/h4-11,16-18,21H,2-3,12-15H2,1H3,(H2,29,36)(H,30,31,32)/b6-4-,10-5-,24-11?. The number of piperazine rings is 1. The lowest BCUT2D eigenvalue weighted by molar-refractivity contribution is -0.114. The number of hydrogen-bond donors (Lipinski definition) is 2. The fraction of sp³-hybridized carbons (Fsp3) is 0.296. The highest BCUT2D eigenvalue weighted by atomic mass is 19.1. The molecule has 3 aliphatic rings. The Bertz CT molecular complexity index is 1260. The van der Waals surface area contributed by atoms with Crippen molar-refractivity contribution >= 4 is 29.0 Å². The Morgan fingerprint density at radius 2 is 2.06 bits per heavy atom. The van der Waals surface area contributed by atoms with Crippen LogP contribution >= 0.6 is 0 Å². The molecular formula is C27H30FN7O. The summed E-state index contributed by atoms with van der Waals surface area (Å²) in [5.41, 5.74) is 8.65. The third-order valence-corrected chi connectivity index (χ3v) is 6.73. The number of rotatable bonds is 6. The molecule has 2 aliphatic heterocycles. The zero-order chi connectivity index (χ0) is 25.1. The van der Waals surface area contributed by atoms with Crippen molar-refractivity contribution in [1.29, 1.82) is 0 Å². The lowest BCUT2D eigenvalue weighted by Gasteiger charge is -2.35. The molecule has 1 aliphatic carbocycles. The fourth-order valence-corrected chi connectivity index (χ4v) is 4.75. The van der Waals surface area contributed by atoms with Crippen molar-refractivity contribution in [3.8, 4) is 0 Å². The normalized spacial score (nSPS) is 21.7. The van der Waals surface area contributed by atoms with Crippen molar-refractivity contribution in [1.82, 2.24) is 14.9 Å². The summed E-state index contributed by atoms with van der Waals surface area (Å²) in [6.45, 7) is 7.27. The van der Waals surface area contributed by atoms with Gasteiger partial charge in [-0.1, -0.05) is 37.3 Å². The van der Waals surface area contributed by atoms with Crippen molar-refractivity contribution in [2.75, 3.05) is 47.8 Å². The monoisotopic (exact) mass is 487 g/mol. The maximum Gasteiger partial charge on any atom is 0.247 e. The third kappa shape index (κ3) is 4.87.